The highest BCUT2D eigenvalue weighted by Gasteiger charge is 2.55. The van der Waals surface area contributed by atoms with E-state index in [-0.39, 0.29) is 17.5 Å². The lowest BCUT2D eigenvalue weighted by Gasteiger charge is -2.50. The Labute approximate surface area is 332 Å². The van der Waals surface area contributed by atoms with Crippen LogP contribution in [0.2, 0.25) is 0 Å². The predicted molar refractivity (Wildman–Crippen MR) is 236 cm³/mol. The van der Waals surface area contributed by atoms with Gasteiger partial charge >= 0.3 is 0 Å². The van der Waals surface area contributed by atoms with Crippen LogP contribution < -0.4 is 21.3 Å². The molecular weight excluding hydrogens is 693 g/mol. The van der Waals surface area contributed by atoms with E-state index in [0.29, 0.717) is 0 Å². The van der Waals surface area contributed by atoms with Crippen molar-refractivity contribution in [2.24, 2.45) is 0 Å². The van der Waals surface area contributed by atoms with Gasteiger partial charge in [-0.1, -0.05) is 139 Å². The number of furan rings is 1. The first-order chi connectivity index (χ1) is 27.5. The fourth-order valence-corrected chi connectivity index (χ4v) is 11.2. The monoisotopic (exact) mass is 733 g/mol. The van der Waals surface area contributed by atoms with Crippen LogP contribution in [0.25, 0.3) is 49.8 Å². The van der Waals surface area contributed by atoms with Crippen LogP contribution in [0, 0.1) is 0 Å². The zero-order valence-electron chi connectivity index (χ0n) is 33.0. The summed E-state index contributed by atoms with van der Waals surface area (Å²) in [7, 11) is 0. The first-order valence-electron chi connectivity index (χ1n) is 20.3. The summed E-state index contributed by atoms with van der Waals surface area (Å²) in [5, 5.41) is 2.20. The fourth-order valence-electron chi connectivity index (χ4n) is 11.2. The van der Waals surface area contributed by atoms with Gasteiger partial charge in [0, 0.05) is 22.4 Å². The number of aromatic nitrogens is 2. The van der Waals surface area contributed by atoms with Crippen LogP contribution in [0.15, 0.2) is 138 Å². The lowest BCUT2D eigenvalue weighted by atomic mass is 9.33. The Morgan fingerprint density at radius 1 is 0.579 bits per heavy atom. The topological polar surface area (TPSA) is 34.2 Å². The molecule has 0 amide bonds. The second kappa shape index (κ2) is 10.2. The van der Waals surface area contributed by atoms with E-state index in [9.17, 15) is 0 Å². The molecule has 1 aliphatic carbocycles. The highest BCUT2D eigenvalue weighted by atomic mass is 16.3. The van der Waals surface area contributed by atoms with E-state index in [4.69, 9.17) is 9.40 Å². The van der Waals surface area contributed by atoms with Gasteiger partial charge in [-0.3, -0.25) is 4.57 Å². The Morgan fingerprint density at radius 2 is 1.26 bits per heavy atom. The number of nitrogens with zero attached hydrogens (tertiary/aromatic N) is 3. The van der Waals surface area contributed by atoms with Gasteiger partial charge in [0.25, 0.3) is 6.71 Å². The Bertz CT molecular complexity index is 3250. The molecule has 4 aliphatic rings. The Hall–Kier alpha value is -6.33. The summed E-state index contributed by atoms with van der Waals surface area (Å²) >= 11 is 0. The number of imidazole rings is 1. The van der Waals surface area contributed by atoms with Crippen LogP contribution in [0.4, 0.5) is 17.1 Å². The Kier molecular flexibility index (Phi) is 5.67. The van der Waals surface area contributed by atoms with E-state index in [0.717, 1.165) is 27.5 Å². The molecule has 2 aromatic heterocycles. The number of anilines is 3. The molecule has 4 nitrogen and oxygen atoms in total. The van der Waals surface area contributed by atoms with E-state index in [1.165, 1.54) is 89.2 Å². The molecule has 0 saturated carbocycles. The summed E-state index contributed by atoms with van der Waals surface area (Å²) in [6, 6.07) is 48.5. The van der Waals surface area contributed by atoms with Gasteiger partial charge in [0.05, 0.1) is 22.0 Å². The second-order valence-electron chi connectivity index (χ2n) is 18.8. The van der Waals surface area contributed by atoms with Crippen molar-refractivity contribution in [1.29, 1.82) is 0 Å². The zero-order valence-corrected chi connectivity index (χ0v) is 33.0. The van der Waals surface area contributed by atoms with Crippen molar-refractivity contribution in [2.45, 2.75) is 57.8 Å². The summed E-state index contributed by atoms with van der Waals surface area (Å²) in [5.74, 6) is 0. The van der Waals surface area contributed by atoms with Crippen molar-refractivity contribution in [1.82, 2.24) is 9.55 Å². The Balaban J connectivity index is 1.24. The molecular formula is C52H40BN3O. The van der Waals surface area contributed by atoms with Gasteiger partial charge in [-0.2, -0.15) is 0 Å². The smallest absolute Gasteiger partial charge is 0.252 e. The minimum atomic E-state index is -0.533. The summed E-state index contributed by atoms with van der Waals surface area (Å²) in [6.07, 6.45) is 2.04. The molecule has 0 atom stereocenters. The maximum absolute atomic E-state index is 6.69. The molecule has 1 spiro atoms. The van der Waals surface area contributed by atoms with Gasteiger partial charge in [-0.15, -0.1) is 0 Å². The van der Waals surface area contributed by atoms with E-state index in [2.05, 4.69) is 178 Å². The van der Waals surface area contributed by atoms with Crippen molar-refractivity contribution >= 4 is 73.1 Å². The van der Waals surface area contributed by atoms with Crippen LogP contribution in [0.1, 0.15) is 74.9 Å². The van der Waals surface area contributed by atoms with Gasteiger partial charge in [-0.25, -0.2) is 4.98 Å². The molecule has 272 valence electrons. The van der Waals surface area contributed by atoms with Crippen molar-refractivity contribution in [3.05, 3.63) is 167 Å². The minimum absolute atomic E-state index is 0.0350. The lowest BCUT2D eigenvalue weighted by molar-refractivity contribution is 0.584. The van der Waals surface area contributed by atoms with Crippen LogP contribution >= 0.6 is 0 Å². The van der Waals surface area contributed by atoms with Crippen LogP contribution in [-0.4, -0.2) is 16.3 Å². The van der Waals surface area contributed by atoms with Crippen LogP contribution in [0.5, 0.6) is 0 Å². The quantitative estimate of drug-likeness (QED) is 0.146. The normalized spacial score (nSPS) is 15.3. The van der Waals surface area contributed by atoms with Crippen LogP contribution in [0.3, 0.4) is 0 Å². The number of rotatable bonds is 0. The number of hydrogen-bond donors (Lipinski definition) is 0. The third-order valence-corrected chi connectivity index (χ3v) is 13.8. The van der Waals surface area contributed by atoms with E-state index in [1.54, 1.807) is 0 Å². The van der Waals surface area contributed by atoms with Crippen molar-refractivity contribution < 1.29 is 4.42 Å². The maximum Gasteiger partial charge on any atom is 0.252 e. The maximum atomic E-state index is 6.69. The van der Waals surface area contributed by atoms with Crippen molar-refractivity contribution in [3.8, 4) is 16.8 Å². The molecule has 0 N–H and O–H groups in total. The summed E-state index contributed by atoms with van der Waals surface area (Å²) < 4.78 is 9.03. The fraction of sp³-hybridized carbons (Fsp3) is 0.173. The van der Waals surface area contributed by atoms with Gasteiger partial charge < -0.3 is 9.32 Å². The van der Waals surface area contributed by atoms with Gasteiger partial charge in [-0.05, 0) is 102 Å². The molecule has 0 radical (unpaired) electrons. The third kappa shape index (κ3) is 3.70. The standard InChI is InChI=1S/C52H40BN3O/c1-50(2,3)29-22-23-40-36(24-29)52(34-17-10-7-14-31(34)32-15-8-11-18-35(32)52)37-25-30(51(4,5)6)26-38-48(37)56(40)42-20-13-19-41-46(42)53(38)39-27-44-45(47-49(39)55(41)28-54-47)33-16-9-12-21-43(33)57-44/h7-28H,1-6H3. The van der Waals surface area contributed by atoms with E-state index in [1.807, 2.05) is 6.33 Å². The van der Waals surface area contributed by atoms with Crippen molar-refractivity contribution in [2.75, 3.05) is 4.90 Å². The molecule has 3 aliphatic heterocycles. The highest BCUT2D eigenvalue weighted by molar-refractivity contribution is 7.00. The number of fused-ring (bicyclic) bond motifs is 17. The average molecular weight is 734 g/mol. The molecule has 9 aromatic rings. The molecule has 13 rings (SSSR count). The summed E-state index contributed by atoms with van der Waals surface area (Å²) in [6.45, 7) is 14.1. The highest BCUT2D eigenvalue weighted by Crippen LogP contribution is 2.64. The van der Waals surface area contributed by atoms with Crippen molar-refractivity contribution in [3.63, 3.8) is 0 Å². The summed E-state index contributed by atoms with van der Waals surface area (Å²) in [5.41, 5.74) is 22.9. The third-order valence-electron chi connectivity index (χ3n) is 13.8. The zero-order chi connectivity index (χ0) is 38.3. The largest absolute Gasteiger partial charge is 0.456 e. The molecule has 0 fully saturated rings. The summed E-state index contributed by atoms with van der Waals surface area (Å²) in [4.78, 5) is 7.83. The molecule has 5 heterocycles. The molecule has 0 saturated heterocycles. The SMILES string of the molecule is CC(C)(C)c1ccc2c(c1)C1(c3ccccc3-c3ccccc31)c1cc(C(C)(C)C)cc3c1N2c1cccc2c1B3c1cc3oc4ccccc4c3c3ncn-2c13. The number of benzene rings is 7. The van der Waals surface area contributed by atoms with E-state index < -0.39 is 5.41 Å². The molecule has 57 heavy (non-hydrogen) atoms. The molecule has 5 heteroatoms. The van der Waals surface area contributed by atoms with E-state index >= 15 is 0 Å². The van der Waals surface area contributed by atoms with Gasteiger partial charge in [0.15, 0.2) is 0 Å². The Morgan fingerprint density at radius 3 is 2.02 bits per heavy atom. The predicted octanol–water partition coefficient (Wildman–Crippen LogP) is 10.8. The number of hydrogen-bond acceptors (Lipinski definition) is 3. The average Bonchev–Trinajstić information content (AvgIpc) is 3.89. The molecule has 7 aromatic carbocycles. The first-order valence-corrected chi connectivity index (χ1v) is 20.3. The van der Waals surface area contributed by atoms with Gasteiger partial charge in [0.2, 0.25) is 0 Å². The molecule has 0 bridgehead atoms. The van der Waals surface area contributed by atoms with Gasteiger partial charge in [0.1, 0.15) is 23.0 Å². The minimum Gasteiger partial charge on any atom is -0.456 e. The lowest BCUT2D eigenvalue weighted by Crippen LogP contribution is -2.62. The second-order valence-corrected chi connectivity index (χ2v) is 18.8. The number of para-hydroxylation sites is 1. The first kappa shape index (κ1) is 31.8. The molecule has 0 unspecified atom stereocenters. The van der Waals surface area contributed by atoms with Crippen LogP contribution in [-0.2, 0) is 16.2 Å².